The van der Waals surface area contributed by atoms with E-state index in [9.17, 15) is 9.90 Å². The molecule has 1 aromatic rings. The largest absolute Gasteiger partial charge is 0.465 e. The summed E-state index contributed by atoms with van der Waals surface area (Å²) in [4.78, 5) is 11.3. The Morgan fingerprint density at radius 2 is 1.92 bits per heavy atom. The fourth-order valence-corrected chi connectivity index (χ4v) is 2.80. The topological polar surface area (TPSA) is 65.0 Å². The summed E-state index contributed by atoms with van der Waals surface area (Å²) in [7, 11) is -0.0984. The van der Waals surface area contributed by atoms with E-state index < -0.39 is 26.4 Å². The third kappa shape index (κ3) is 8.98. The van der Waals surface area contributed by atoms with Crippen molar-refractivity contribution in [2.24, 2.45) is 0 Å². The molecule has 1 aromatic carbocycles. The van der Waals surface area contributed by atoms with Gasteiger partial charge in [0.25, 0.3) is 6.29 Å². The van der Waals surface area contributed by atoms with Crippen molar-refractivity contribution < 1.29 is 24.1 Å². The van der Waals surface area contributed by atoms with E-state index in [2.05, 4.69) is 30.1 Å². The summed E-state index contributed by atoms with van der Waals surface area (Å²) in [6.07, 6.45) is 0.580. The second-order valence-electron chi connectivity index (χ2n) is 6.64. The number of methoxy groups -OCH3 is 1. The van der Waals surface area contributed by atoms with Crippen LogP contribution in [0.2, 0.25) is 19.6 Å². The van der Waals surface area contributed by atoms with Crippen molar-refractivity contribution in [2.45, 2.75) is 45.1 Å². The van der Waals surface area contributed by atoms with Crippen LogP contribution in [0, 0.1) is 0 Å². The molecule has 0 aromatic heterocycles. The zero-order chi connectivity index (χ0) is 18.0. The Balaban J connectivity index is 2.55. The fourth-order valence-electron chi connectivity index (χ4n) is 1.96. The molecule has 5 nitrogen and oxygen atoms in total. The minimum atomic E-state index is -1.60. The summed E-state index contributed by atoms with van der Waals surface area (Å²) in [5.74, 6) is -0.808. The zero-order valence-corrected chi connectivity index (χ0v) is 15.9. The highest BCUT2D eigenvalue weighted by Gasteiger charge is 2.21. The van der Waals surface area contributed by atoms with Gasteiger partial charge in [-0.05, 0) is 12.0 Å². The lowest BCUT2D eigenvalue weighted by molar-refractivity contribution is -0.194. The van der Waals surface area contributed by atoms with E-state index in [1.807, 2.05) is 36.4 Å². The van der Waals surface area contributed by atoms with Gasteiger partial charge in [0, 0.05) is 0 Å². The third-order valence-electron chi connectivity index (χ3n) is 3.16. The summed E-state index contributed by atoms with van der Waals surface area (Å²) in [5, 5.41) is 9.70. The van der Waals surface area contributed by atoms with Crippen LogP contribution in [0.25, 0.3) is 0 Å². The Morgan fingerprint density at radius 3 is 2.50 bits per heavy atom. The molecule has 0 aliphatic carbocycles. The highest BCUT2D eigenvalue weighted by Crippen LogP contribution is 2.10. The Bertz CT molecular complexity index is 510. The molecule has 1 N–H and O–H groups in total. The maximum Gasteiger partial charge on any atom is 0.363 e. The van der Waals surface area contributed by atoms with Gasteiger partial charge in [0.2, 0.25) is 0 Å². The molecule has 24 heavy (non-hydrogen) atoms. The molecule has 2 atom stereocenters. The minimum Gasteiger partial charge on any atom is -0.465 e. The number of carbonyl (C=O) groups excluding carboxylic acids is 1. The Hall–Kier alpha value is -1.47. The average molecular weight is 353 g/mol. The summed E-state index contributed by atoms with van der Waals surface area (Å²) in [6, 6.07) is 9.80. The van der Waals surface area contributed by atoms with E-state index in [1.54, 1.807) is 0 Å². The molecular formula is C18H28O5Si. The highest BCUT2D eigenvalue weighted by molar-refractivity contribution is 6.80. The zero-order valence-electron chi connectivity index (χ0n) is 14.9. The van der Waals surface area contributed by atoms with Crippen LogP contribution in [0.5, 0.6) is 0 Å². The van der Waals surface area contributed by atoms with Crippen molar-refractivity contribution in [2.75, 3.05) is 13.7 Å². The Morgan fingerprint density at radius 1 is 1.25 bits per heavy atom. The third-order valence-corrected chi connectivity index (χ3v) is 4.39. The molecule has 0 heterocycles. The summed E-state index contributed by atoms with van der Waals surface area (Å²) in [6.45, 7) is 7.42. The van der Waals surface area contributed by atoms with E-state index >= 15 is 0 Å². The summed E-state index contributed by atoms with van der Waals surface area (Å²) < 4.78 is 15.5. The van der Waals surface area contributed by atoms with Crippen LogP contribution in [-0.2, 0) is 25.6 Å². The first-order valence-corrected chi connectivity index (χ1v) is 11.6. The molecule has 0 saturated carbocycles. The summed E-state index contributed by atoms with van der Waals surface area (Å²) in [5.41, 5.74) is 3.26. The van der Waals surface area contributed by atoms with E-state index in [1.165, 1.54) is 7.11 Å². The van der Waals surface area contributed by atoms with Crippen molar-refractivity contribution >= 4 is 14.0 Å². The van der Waals surface area contributed by atoms with E-state index in [4.69, 9.17) is 9.47 Å². The molecule has 0 saturated heterocycles. The lowest BCUT2D eigenvalue weighted by Gasteiger charge is -2.20. The van der Waals surface area contributed by atoms with Crippen LogP contribution in [0.4, 0.5) is 0 Å². The second-order valence-corrected chi connectivity index (χ2v) is 11.7. The summed E-state index contributed by atoms with van der Waals surface area (Å²) >= 11 is 0. The van der Waals surface area contributed by atoms with Gasteiger partial charge in [-0.25, -0.2) is 4.79 Å². The van der Waals surface area contributed by atoms with Crippen molar-refractivity contribution in [3.63, 3.8) is 0 Å². The number of esters is 1. The monoisotopic (exact) mass is 352 g/mol. The molecule has 0 amide bonds. The van der Waals surface area contributed by atoms with Crippen LogP contribution in [0.3, 0.4) is 0 Å². The Labute approximate surface area is 145 Å². The maximum atomic E-state index is 11.3. The van der Waals surface area contributed by atoms with Gasteiger partial charge in [0.1, 0.15) is 0 Å². The van der Waals surface area contributed by atoms with Crippen molar-refractivity contribution in [3.8, 4) is 0 Å². The quantitative estimate of drug-likeness (QED) is 0.398. The number of ether oxygens (including phenoxy) is 3. The molecule has 6 heteroatoms. The van der Waals surface area contributed by atoms with E-state index in [-0.39, 0.29) is 6.61 Å². The number of carbonyl (C=O) groups is 1. The van der Waals surface area contributed by atoms with Gasteiger partial charge in [-0.2, -0.15) is 0 Å². The van der Waals surface area contributed by atoms with Crippen molar-refractivity contribution in [3.05, 3.63) is 47.7 Å². The van der Waals surface area contributed by atoms with Crippen LogP contribution >= 0.6 is 0 Å². The van der Waals surface area contributed by atoms with Crippen LogP contribution in [-0.4, -0.2) is 45.3 Å². The van der Waals surface area contributed by atoms with Gasteiger partial charge in [0.15, 0.2) is 0 Å². The van der Waals surface area contributed by atoms with Crippen LogP contribution in [0.15, 0.2) is 42.1 Å². The average Bonchev–Trinajstić information content (AvgIpc) is 2.53. The number of aliphatic hydroxyl groups excluding tert-OH is 1. The number of aliphatic hydroxyl groups is 1. The van der Waals surface area contributed by atoms with E-state index in [0.717, 1.165) is 5.56 Å². The normalized spacial score (nSPS) is 14.5. The smallest absolute Gasteiger partial charge is 0.363 e. The van der Waals surface area contributed by atoms with Gasteiger partial charge in [0.05, 0.1) is 34.5 Å². The maximum absolute atomic E-state index is 11.3. The molecule has 134 valence electrons. The first kappa shape index (κ1) is 20.6. The van der Waals surface area contributed by atoms with Crippen molar-refractivity contribution in [1.82, 2.24) is 0 Å². The molecule has 0 fully saturated rings. The molecule has 1 rings (SSSR count). The van der Waals surface area contributed by atoms with Gasteiger partial charge in [-0.15, -0.1) is 0 Å². The lowest BCUT2D eigenvalue weighted by atomic mass is 10.2. The number of rotatable bonds is 10. The van der Waals surface area contributed by atoms with Crippen molar-refractivity contribution in [1.29, 1.82) is 0 Å². The molecular weight excluding hydrogens is 324 g/mol. The fraction of sp³-hybridized carbons (Fsp3) is 0.500. The second kappa shape index (κ2) is 10.4. The standard InChI is InChI=1S/C18H28O5Si/c1-21-17(19)18(20)23-16(11-8-12-24(2,3)4)14-22-13-15-9-6-5-7-10-15/h5-10,12,16,18,20H,11,13-14H2,1-4H3/b12-8-/t16-,18?/m0/s1. The van der Waals surface area contributed by atoms with Gasteiger partial charge in [-0.1, -0.05) is 61.7 Å². The van der Waals surface area contributed by atoms with E-state index in [0.29, 0.717) is 13.0 Å². The first-order chi connectivity index (χ1) is 11.3. The first-order valence-electron chi connectivity index (χ1n) is 8.02. The molecule has 0 bridgehead atoms. The van der Waals surface area contributed by atoms with Crippen LogP contribution in [0.1, 0.15) is 12.0 Å². The number of hydrogen-bond donors (Lipinski definition) is 1. The predicted octanol–water partition coefficient (Wildman–Crippen LogP) is 2.90. The predicted molar refractivity (Wildman–Crippen MR) is 96.1 cm³/mol. The molecule has 0 spiro atoms. The molecule has 0 radical (unpaired) electrons. The molecule has 0 aliphatic rings. The number of hydrogen-bond acceptors (Lipinski definition) is 5. The van der Waals surface area contributed by atoms with Gasteiger partial charge in [-0.3, -0.25) is 0 Å². The Kier molecular flexibility index (Phi) is 8.92. The van der Waals surface area contributed by atoms with Gasteiger partial charge < -0.3 is 19.3 Å². The van der Waals surface area contributed by atoms with Crippen LogP contribution < -0.4 is 0 Å². The molecule has 0 aliphatic heterocycles. The minimum absolute atomic E-state index is 0.277. The SMILES string of the molecule is COC(=O)C(O)O[C@@H](C/C=C\[Si](C)(C)C)COCc1ccccc1. The molecule has 1 unspecified atom stereocenters. The highest BCUT2D eigenvalue weighted by atomic mass is 28.3. The van der Waals surface area contributed by atoms with Gasteiger partial charge >= 0.3 is 5.97 Å². The number of benzene rings is 1. The lowest BCUT2D eigenvalue weighted by Crippen LogP contribution is -2.32.